The minimum absolute atomic E-state index is 0.0721. The molecule has 1 aliphatic carbocycles. The quantitative estimate of drug-likeness (QED) is 0.858. The van der Waals surface area contributed by atoms with E-state index >= 15 is 0 Å². The first-order valence-electron chi connectivity index (χ1n) is 5.63. The number of nitriles is 1. The fraction of sp³-hybridized carbons (Fsp3) is 0.385. The summed E-state index contributed by atoms with van der Waals surface area (Å²) in [4.78, 5) is 11.1. The Morgan fingerprint density at radius 2 is 2.22 bits per heavy atom. The Bertz CT molecular complexity index is 502. The number of rotatable bonds is 5. The number of hydrogen-bond acceptors (Lipinski definition) is 4. The summed E-state index contributed by atoms with van der Waals surface area (Å²) in [5.41, 5.74) is 0.442. The van der Waals surface area contributed by atoms with Gasteiger partial charge in [0.15, 0.2) is 17.6 Å². The lowest BCUT2D eigenvalue weighted by Crippen LogP contribution is -2.29. The second kappa shape index (κ2) is 4.96. The van der Waals surface area contributed by atoms with Crippen molar-refractivity contribution in [3.63, 3.8) is 0 Å². The number of carboxylic acids is 1. The molecular formula is C13H13NO4. The van der Waals surface area contributed by atoms with Crippen molar-refractivity contribution < 1.29 is 19.4 Å². The second-order valence-corrected chi connectivity index (χ2v) is 4.19. The van der Waals surface area contributed by atoms with Crippen LogP contribution in [0.1, 0.15) is 18.4 Å². The molecule has 0 aromatic heterocycles. The predicted molar refractivity (Wildman–Crippen MR) is 62.5 cm³/mol. The van der Waals surface area contributed by atoms with E-state index in [1.807, 2.05) is 6.07 Å². The van der Waals surface area contributed by atoms with Crippen molar-refractivity contribution in [1.82, 2.24) is 0 Å². The van der Waals surface area contributed by atoms with Gasteiger partial charge in [0.25, 0.3) is 0 Å². The topological polar surface area (TPSA) is 79.5 Å². The van der Waals surface area contributed by atoms with Gasteiger partial charge in [-0.25, -0.2) is 4.79 Å². The number of carboxylic acid groups (broad SMARTS) is 1. The fourth-order valence-electron chi connectivity index (χ4n) is 1.72. The standard InChI is InChI=1S/C13H13NO4/c1-17-11-6-8(7-14)2-5-10(11)18-12(13(15)16)9-3-4-9/h2,5-6,9,12H,3-4H2,1H3,(H,15,16). The number of methoxy groups -OCH3 is 1. The van der Waals surface area contributed by atoms with Crippen molar-refractivity contribution in [3.05, 3.63) is 23.8 Å². The Kier molecular flexibility index (Phi) is 3.38. The maximum absolute atomic E-state index is 11.1. The van der Waals surface area contributed by atoms with E-state index in [9.17, 15) is 4.79 Å². The molecule has 0 amide bonds. The molecule has 94 valence electrons. The summed E-state index contributed by atoms with van der Waals surface area (Å²) in [6, 6.07) is 6.66. The zero-order chi connectivity index (χ0) is 13.1. The van der Waals surface area contributed by atoms with Crippen molar-refractivity contribution in [2.24, 2.45) is 5.92 Å². The van der Waals surface area contributed by atoms with E-state index in [1.165, 1.54) is 13.2 Å². The summed E-state index contributed by atoms with van der Waals surface area (Å²) in [6.07, 6.45) is 0.900. The Labute approximate surface area is 105 Å². The third-order valence-electron chi connectivity index (χ3n) is 2.84. The number of benzene rings is 1. The molecule has 1 aromatic rings. The van der Waals surface area contributed by atoms with E-state index in [2.05, 4.69) is 0 Å². The van der Waals surface area contributed by atoms with E-state index in [4.69, 9.17) is 19.8 Å². The highest BCUT2D eigenvalue weighted by molar-refractivity contribution is 5.74. The van der Waals surface area contributed by atoms with Crippen LogP contribution in [0.5, 0.6) is 11.5 Å². The van der Waals surface area contributed by atoms with E-state index in [0.717, 1.165) is 12.8 Å². The van der Waals surface area contributed by atoms with Gasteiger partial charge in [0, 0.05) is 12.0 Å². The van der Waals surface area contributed by atoms with Crippen LogP contribution < -0.4 is 9.47 Å². The molecule has 0 saturated heterocycles. The lowest BCUT2D eigenvalue weighted by atomic mass is 10.2. The van der Waals surface area contributed by atoms with Gasteiger partial charge in [-0.3, -0.25) is 0 Å². The third kappa shape index (κ3) is 2.54. The fourth-order valence-corrected chi connectivity index (χ4v) is 1.72. The summed E-state index contributed by atoms with van der Waals surface area (Å²) >= 11 is 0. The third-order valence-corrected chi connectivity index (χ3v) is 2.84. The summed E-state index contributed by atoms with van der Waals surface area (Å²) < 4.78 is 10.6. The van der Waals surface area contributed by atoms with Gasteiger partial charge in [-0.1, -0.05) is 0 Å². The molecule has 0 aliphatic heterocycles. The maximum Gasteiger partial charge on any atom is 0.345 e. The number of aliphatic carboxylic acids is 1. The van der Waals surface area contributed by atoms with Gasteiger partial charge in [-0.2, -0.15) is 5.26 Å². The van der Waals surface area contributed by atoms with Crippen LogP contribution in [0.15, 0.2) is 18.2 Å². The van der Waals surface area contributed by atoms with Crippen molar-refractivity contribution in [2.45, 2.75) is 18.9 Å². The smallest absolute Gasteiger partial charge is 0.345 e. The molecule has 5 heteroatoms. The van der Waals surface area contributed by atoms with Gasteiger partial charge in [0.2, 0.25) is 0 Å². The molecule has 1 fully saturated rings. The average Bonchev–Trinajstić information content (AvgIpc) is 3.19. The number of nitrogens with zero attached hydrogens (tertiary/aromatic N) is 1. The van der Waals surface area contributed by atoms with Gasteiger partial charge in [0.1, 0.15) is 0 Å². The van der Waals surface area contributed by atoms with Gasteiger partial charge in [0.05, 0.1) is 18.7 Å². The molecule has 1 N–H and O–H groups in total. The molecule has 5 nitrogen and oxygen atoms in total. The van der Waals surface area contributed by atoms with E-state index in [0.29, 0.717) is 17.1 Å². The molecule has 0 heterocycles. The first-order chi connectivity index (χ1) is 8.65. The summed E-state index contributed by atoms with van der Waals surface area (Å²) in [5.74, 6) is -0.163. The largest absolute Gasteiger partial charge is 0.493 e. The Hall–Kier alpha value is -2.22. The number of carbonyl (C=O) groups is 1. The van der Waals surface area contributed by atoms with Gasteiger partial charge < -0.3 is 14.6 Å². The van der Waals surface area contributed by atoms with E-state index in [1.54, 1.807) is 12.1 Å². The molecule has 18 heavy (non-hydrogen) atoms. The van der Waals surface area contributed by atoms with Crippen molar-refractivity contribution in [3.8, 4) is 17.6 Å². The molecular weight excluding hydrogens is 234 g/mol. The lowest BCUT2D eigenvalue weighted by molar-refractivity contribution is -0.146. The highest BCUT2D eigenvalue weighted by Crippen LogP contribution is 2.37. The average molecular weight is 247 g/mol. The highest BCUT2D eigenvalue weighted by atomic mass is 16.5. The Morgan fingerprint density at radius 3 is 2.72 bits per heavy atom. The Morgan fingerprint density at radius 1 is 1.50 bits per heavy atom. The first kappa shape index (κ1) is 12.2. The van der Waals surface area contributed by atoms with Crippen molar-refractivity contribution in [1.29, 1.82) is 5.26 Å². The zero-order valence-corrected chi connectivity index (χ0v) is 9.92. The normalized spacial score (nSPS) is 15.6. The Balaban J connectivity index is 2.22. The molecule has 1 unspecified atom stereocenters. The van der Waals surface area contributed by atoms with Crippen LogP contribution in [-0.4, -0.2) is 24.3 Å². The van der Waals surface area contributed by atoms with Gasteiger partial charge in [-0.15, -0.1) is 0 Å². The predicted octanol–water partition coefficient (Wildman–Crippen LogP) is 1.81. The van der Waals surface area contributed by atoms with Gasteiger partial charge in [-0.05, 0) is 25.0 Å². The molecule has 1 aliphatic rings. The minimum Gasteiger partial charge on any atom is -0.493 e. The monoisotopic (exact) mass is 247 g/mol. The summed E-state index contributed by atoms with van der Waals surface area (Å²) in [7, 11) is 1.45. The van der Waals surface area contributed by atoms with E-state index in [-0.39, 0.29) is 5.92 Å². The summed E-state index contributed by atoms with van der Waals surface area (Å²) in [5, 5.41) is 17.9. The molecule has 1 aromatic carbocycles. The lowest BCUT2D eigenvalue weighted by Gasteiger charge is -2.16. The maximum atomic E-state index is 11.1. The van der Waals surface area contributed by atoms with Crippen LogP contribution in [0, 0.1) is 17.2 Å². The van der Waals surface area contributed by atoms with Crippen molar-refractivity contribution >= 4 is 5.97 Å². The van der Waals surface area contributed by atoms with Gasteiger partial charge >= 0.3 is 5.97 Å². The first-order valence-corrected chi connectivity index (χ1v) is 5.63. The molecule has 0 radical (unpaired) electrons. The van der Waals surface area contributed by atoms with Crippen LogP contribution in [0.25, 0.3) is 0 Å². The summed E-state index contributed by atoms with van der Waals surface area (Å²) in [6.45, 7) is 0. The molecule has 2 rings (SSSR count). The van der Waals surface area contributed by atoms with E-state index < -0.39 is 12.1 Å². The minimum atomic E-state index is -0.969. The molecule has 1 atom stereocenters. The second-order valence-electron chi connectivity index (χ2n) is 4.19. The van der Waals surface area contributed by atoms with Crippen LogP contribution >= 0.6 is 0 Å². The molecule has 0 bridgehead atoms. The zero-order valence-electron chi connectivity index (χ0n) is 9.92. The molecule has 0 spiro atoms. The molecule has 1 saturated carbocycles. The van der Waals surface area contributed by atoms with Crippen molar-refractivity contribution in [2.75, 3.05) is 7.11 Å². The number of ether oxygens (including phenoxy) is 2. The van der Waals surface area contributed by atoms with Crippen LogP contribution in [0.2, 0.25) is 0 Å². The SMILES string of the molecule is COc1cc(C#N)ccc1OC(C(=O)O)C1CC1. The van der Waals surface area contributed by atoms with Crippen LogP contribution in [0.3, 0.4) is 0 Å². The van der Waals surface area contributed by atoms with Crippen LogP contribution in [0.4, 0.5) is 0 Å². The number of hydrogen-bond donors (Lipinski definition) is 1. The highest BCUT2D eigenvalue weighted by Gasteiger charge is 2.38. The van der Waals surface area contributed by atoms with Crippen LogP contribution in [-0.2, 0) is 4.79 Å².